The van der Waals surface area contributed by atoms with Crippen molar-refractivity contribution < 1.29 is 14.3 Å². The topological polar surface area (TPSA) is 76.2 Å². The molecule has 0 saturated heterocycles. The van der Waals surface area contributed by atoms with Gasteiger partial charge < -0.3 is 10.8 Å². The van der Waals surface area contributed by atoms with Crippen molar-refractivity contribution in [1.29, 1.82) is 0 Å². The van der Waals surface area contributed by atoms with Crippen molar-refractivity contribution in [3.8, 4) is 0 Å². The Morgan fingerprint density at radius 1 is 1.67 bits per heavy atom. The zero-order valence-corrected chi connectivity index (χ0v) is 6.12. The normalized spacial score (nSPS) is 9.75. The monoisotopic (exact) mass is 170 g/mol. The van der Waals surface area contributed by atoms with E-state index in [4.69, 9.17) is 10.8 Å². The number of anilines is 1. The van der Waals surface area contributed by atoms with Crippen LogP contribution in [0.2, 0.25) is 0 Å². The number of carboxylic acid groups (broad SMARTS) is 1. The number of carboxylic acids is 1. The second kappa shape index (κ2) is 3.17. The molecule has 0 spiro atoms. The van der Waals surface area contributed by atoms with Crippen LogP contribution in [-0.2, 0) is 11.2 Å². The van der Waals surface area contributed by atoms with Crippen LogP contribution >= 0.6 is 0 Å². The number of hydrogen-bond acceptors (Lipinski definition) is 3. The van der Waals surface area contributed by atoms with Gasteiger partial charge >= 0.3 is 5.97 Å². The van der Waals surface area contributed by atoms with E-state index in [9.17, 15) is 9.18 Å². The number of nitrogens with zero attached hydrogens (tertiary/aromatic N) is 1. The fourth-order valence-electron chi connectivity index (χ4n) is 0.754. The molecule has 0 aliphatic carbocycles. The lowest BCUT2D eigenvalue weighted by molar-refractivity contribution is -0.136. The highest BCUT2D eigenvalue weighted by molar-refractivity contribution is 5.69. The van der Waals surface area contributed by atoms with E-state index in [1.54, 1.807) is 0 Å². The molecule has 12 heavy (non-hydrogen) atoms. The molecule has 1 rings (SSSR count). The summed E-state index contributed by atoms with van der Waals surface area (Å²) in [6.45, 7) is 0. The van der Waals surface area contributed by atoms with Crippen molar-refractivity contribution in [3.05, 3.63) is 23.6 Å². The molecule has 0 aromatic carbocycles. The lowest BCUT2D eigenvalue weighted by Crippen LogP contribution is -2.05. The number of halogens is 1. The van der Waals surface area contributed by atoms with E-state index >= 15 is 0 Å². The van der Waals surface area contributed by atoms with Gasteiger partial charge in [-0.15, -0.1) is 0 Å². The molecule has 0 unspecified atom stereocenters. The lowest BCUT2D eigenvalue weighted by atomic mass is 10.2. The minimum absolute atomic E-state index is 0.246. The summed E-state index contributed by atoms with van der Waals surface area (Å²) in [5, 5.41) is 8.35. The standard InChI is InChI=1S/C7H7FN2O2/c8-5-2-1-4(3-6(11)12)10-7(5)9/h1-2H,3H2,(H2,9,10)(H,11,12). The minimum Gasteiger partial charge on any atom is -0.481 e. The van der Waals surface area contributed by atoms with Crippen LogP contribution in [0.1, 0.15) is 5.69 Å². The molecule has 0 aliphatic heterocycles. The van der Waals surface area contributed by atoms with Gasteiger partial charge in [-0.2, -0.15) is 0 Å². The number of carbonyl (C=O) groups is 1. The third kappa shape index (κ3) is 1.91. The van der Waals surface area contributed by atoms with Gasteiger partial charge in [0.25, 0.3) is 0 Å². The number of aromatic nitrogens is 1. The number of aliphatic carboxylic acids is 1. The number of hydrogen-bond donors (Lipinski definition) is 2. The molecule has 0 amide bonds. The SMILES string of the molecule is Nc1nc(CC(=O)O)ccc1F. The third-order valence-corrected chi connectivity index (χ3v) is 1.26. The second-order valence-corrected chi connectivity index (χ2v) is 2.24. The van der Waals surface area contributed by atoms with E-state index in [1.165, 1.54) is 6.07 Å². The molecule has 0 fully saturated rings. The first-order valence-electron chi connectivity index (χ1n) is 3.22. The van der Waals surface area contributed by atoms with Gasteiger partial charge in [-0.3, -0.25) is 4.79 Å². The van der Waals surface area contributed by atoms with Gasteiger partial charge in [-0.25, -0.2) is 9.37 Å². The van der Waals surface area contributed by atoms with Crippen LogP contribution in [0.3, 0.4) is 0 Å². The van der Waals surface area contributed by atoms with E-state index in [0.29, 0.717) is 0 Å². The predicted molar refractivity (Wildman–Crippen MR) is 39.9 cm³/mol. The van der Waals surface area contributed by atoms with Crippen LogP contribution in [0.25, 0.3) is 0 Å². The molecule has 1 aromatic rings. The van der Waals surface area contributed by atoms with Gasteiger partial charge in [-0.1, -0.05) is 0 Å². The molecule has 3 N–H and O–H groups in total. The summed E-state index contributed by atoms with van der Waals surface area (Å²) >= 11 is 0. The second-order valence-electron chi connectivity index (χ2n) is 2.24. The molecule has 1 heterocycles. The van der Waals surface area contributed by atoms with Gasteiger partial charge in [0.15, 0.2) is 11.6 Å². The summed E-state index contributed by atoms with van der Waals surface area (Å²) in [4.78, 5) is 13.7. The third-order valence-electron chi connectivity index (χ3n) is 1.26. The van der Waals surface area contributed by atoms with Crippen molar-refractivity contribution in [1.82, 2.24) is 4.98 Å². The first-order chi connectivity index (χ1) is 5.59. The number of nitrogen functional groups attached to an aromatic ring is 1. The fraction of sp³-hybridized carbons (Fsp3) is 0.143. The van der Waals surface area contributed by atoms with Gasteiger partial charge in [0, 0.05) is 0 Å². The Bertz CT molecular complexity index is 314. The van der Waals surface area contributed by atoms with Crippen molar-refractivity contribution in [2.24, 2.45) is 0 Å². The zero-order valence-electron chi connectivity index (χ0n) is 6.12. The summed E-state index contributed by atoms with van der Waals surface area (Å²) in [6.07, 6.45) is -0.246. The average Bonchev–Trinajstić information content (AvgIpc) is 1.96. The first-order valence-corrected chi connectivity index (χ1v) is 3.22. The van der Waals surface area contributed by atoms with Gasteiger partial charge in [-0.05, 0) is 12.1 Å². The van der Waals surface area contributed by atoms with Crippen LogP contribution in [0, 0.1) is 5.82 Å². The van der Waals surface area contributed by atoms with Crippen LogP contribution < -0.4 is 5.73 Å². The number of rotatable bonds is 2. The highest BCUT2D eigenvalue weighted by Crippen LogP contribution is 2.07. The molecular formula is C7H7FN2O2. The summed E-state index contributed by atoms with van der Waals surface area (Å²) in [6, 6.07) is 2.39. The Morgan fingerprint density at radius 2 is 2.33 bits per heavy atom. The first kappa shape index (κ1) is 8.45. The highest BCUT2D eigenvalue weighted by atomic mass is 19.1. The van der Waals surface area contributed by atoms with Crippen molar-refractivity contribution in [3.63, 3.8) is 0 Å². The summed E-state index contributed by atoms with van der Waals surface area (Å²) < 4.78 is 12.5. The number of pyridine rings is 1. The smallest absolute Gasteiger partial charge is 0.309 e. The predicted octanol–water partition coefficient (Wildman–Crippen LogP) is 0.430. The fourth-order valence-corrected chi connectivity index (χ4v) is 0.754. The van der Waals surface area contributed by atoms with Crippen LogP contribution in [0.4, 0.5) is 10.2 Å². The van der Waals surface area contributed by atoms with Gasteiger partial charge in [0.05, 0.1) is 12.1 Å². The summed E-state index contributed by atoms with van der Waals surface area (Å²) in [5.41, 5.74) is 5.37. The van der Waals surface area contributed by atoms with E-state index in [-0.39, 0.29) is 17.9 Å². The van der Waals surface area contributed by atoms with Gasteiger partial charge in [0.1, 0.15) is 0 Å². The van der Waals surface area contributed by atoms with Crippen LogP contribution in [0.5, 0.6) is 0 Å². The molecule has 0 saturated carbocycles. The molecule has 64 valence electrons. The summed E-state index contributed by atoms with van der Waals surface area (Å²) in [5.74, 6) is -1.92. The van der Waals surface area contributed by atoms with Crippen LogP contribution in [-0.4, -0.2) is 16.1 Å². The molecule has 0 aliphatic rings. The lowest BCUT2D eigenvalue weighted by Gasteiger charge is -1.98. The molecule has 0 bridgehead atoms. The Labute approximate surface area is 67.8 Å². The minimum atomic E-state index is -1.02. The largest absolute Gasteiger partial charge is 0.481 e. The molecule has 4 nitrogen and oxygen atoms in total. The molecule has 1 aromatic heterocycles. The number of nitrogens with two attached hydrogens (primary N) is 1. The maximum absolute atomic E-state index is 12.5. The maximum atomic E-state index is 12.5. The van der Waals surface area contributed by atoms with E-state index in [2.05, 4.69) is 4.98 Å². The Balaban J connectivity index is 2.89. The van der Waals surface area contributed by atoms with Gasteiger partial charge in [0.2, 0.25) is 0 Å². The Hall–Kier alpha value is -1.65. The highest BCUT2D eigenvalue weighted by Gasteiger charge is 2.04. The molecule has 5 heteroatoms. The van der Waals surface area contributed by atoms with Crippen molar-refractivity contribution in [2.75, 3.05) is 5.73 Å². The molecule has 0 atom stereocenters. The maximum Gasteiger partial charge on any atom is 0.309 e. The molecule has 0 radical (unpaired) electrons. The zero-order chi connectivity index (χ0) is 9.14. The van der Waals surface area contributed by atoms with E-state index < -0.39 is 11.8 Å². The van der Waals surface area contributed by atoms with Crippen molar-refractivity contribution in [2.45, 2.75) is 6.42 Å². The average molecular weight is 170 g/mol. The van der Waals surface area contributed by atoms with E-state index in [1.807, 2.05) is 0 Å². The van der Waals surface area contributed by atoms with Crippen molar-refractivity contribution >= 4 is 11.8 Å². The summed E-state index contributed by atoms with van der Waals surface area (Å²) in [7, 11) is 0. The quantitative estimate of drug-likeness (QED) is 0.674. The Kier molecular flexibility index (Phi) is 2.23. The molecular weight excluding hydrogens is 163 g/mol. The van der Waals surface area contributed by atoms with Crippen LogP contribution in [0.15, 0.2) is 12.1 Å². The van der Waals surface area contributed by atoms with E-state index in [0.717, 1.165) is 6.07 Å². The Morgan fingerprint density at radius 3 is 2.83 bits per heavy atom.